The molecule has 0 aromatic heterocycles. The molecule has 0 bridgehead atoms. The molecule has 5 heteroatoms. The molecule has 0 fully saturated rings. The minimum Gasteiger partial charge on any atom is -0.361 e. The Morgan fingerprint density at radius 1 is 1.39 bits per heavy atom. The summed E-state index contributed by atoms with van der Waals surface area (Å²) in [5, 5.41) is 4.63. The van der Waals surface area contributed by atoms with E-state index in [1.165, 1.54) is 12.6 Å². The lowest BCUT2D eigenvalue weighted by Gasteiger charge is -2.18. The van der Waals surface area contributed by atoms with E-state index in [1.807, 2.05) is 23.1 Å². The Hall–Kier alpha value is -2.04. The van der Waals surface area contributed by atoms with Gasteiger partial charge in [-0.15, -0.1) is 0 Å². The van der Waals surface area contributed by atoms with E-state index in [-0.39, 0.29) is 12.5 Å². The molecular weight excluding hydrogens is 230 g/mol. The highest BCUT2D eigenvalue weighted by atomic mass is 16.2. The predicted octanol–water partition coefficient (Wildman–Crippen LogP) is 1.07. The maximum atomic E-state index is 11.7. The highest BCUT2D eigenvalue weighted by Crippen LogP contribution is 2.35. The van der Waals surface area contributed by atoms with Crippen molar-refractivity contribution in [3.05, 3.63) is 29.8 Å². The van der Waals surface area contributed by atoms with E-state index in [2.05, 4.69) is 23.6 Å². The zero-order chi connectivity index (χ0) is 13.1. The Kier molecular flexibility index (Phi) is 3.50. The van der Waals surface area contributed by atoms with Crippen LogP contribution in [-0.4, -0.2) is 32.1 Å². The number of hydrogen-bond donors (Lipinski definition) is 2. The summed E-state index contributed by atoms with van der Waals surface area (Å²) in [6, 6.07) is 7.58. The van der Waals surface area contributed by atoms with Crippen LogP contribution in [0.5, 0.6) is 0 Å². The quantitative estimate of drug-likeness (QED) is 0.821. The first-order valence-electron chi connectivity index (χ1n) is 5.97. The molecule has 1 aromatic carbocycles. The van der Waals surface area contributed by atoms with Crippen LogP contribution in [-0.2, 0) is 4.79 Å². The normalized spacial score (nSPS) is 17.2. The number of para-hydroxylation sites is 1. The number of nitrogens with one attached hydrogen (secondary N) is 2. The number of benzene rings is 1. The van der Waals surface area contributed by atoms with Crippen LogP contribution in [0.1, 0.15) is 18.4 Å². The Bertz CT molecular complexity index is 473. The standard InChI is InChI=1S/C13H17N3O2/c1-9-7-16(8-12(17)15-13(18)14-2)11-6-4-3-5-10(9)11/h3-6,9H,7-8H2,1-2H3,(H2,14,15,17,18). The average molecular weight is 247 g/mol. The molecule has 2 rings (SSSR count). The van der Waals surface area contributed by atoms with Gasteiger partial charge in [-0.2, -0.15) is 0 Å². The number of rotatable bonds is 2. The van der Waals surface area contributed by atoms with Gasteiger partial charge in [0.2, 0.25) is 5.91 Å². The van der Waals surface area contributed by atoms with E-state index in [0.29, 0.717) is 5.92 Å². The molecule has 0 aliphatic carbocycles. The molecule has 0 saturated carbocycles. The molecule has 3 amide bonds. The summed E-state index contributed by atoms with van der Waals surface area (Å²) in [7, 11) is 1.48. The molecule has 1 aromatic rings. The molecule has 1 heterocycles. The Balaban J connectivity index is 2.04. The molecule has 1 aliphatic rings. The van der Waals surface area contributed by atoms with E-state index < -0.39 is 6.03 Å². The third kappa shape index (κ3) is 2.45. The van der Waals surface area contributed by atoms with Gasteiger partial charge < -0.3 is 10.2 Å². The fourth-order valence-corrected chi connectivity index (χ4v) is 2.27. The number of fused-ring (bicyclic) bond motifs is 1. The summed E-state index contributed by atoms with van der Waals surface area (Å²) in [5.41, 5.74) is 2.34. The highest BCUT2D eigenvalue weighted by molar-refractivity contribution is 5.96. The lowest BCUT2D eigenvalue weighted by Crippen LogP contribution is -2.43. The van der Waals surface area contributed by atoms with Crippen LogP contribution in [0.25, 0.3) is 0 Å². The number of amides is 3. The molecule has 96 valence electrons. The predicted molar refractivity (Wildman–Crippen MR) is 69.7 cm³/mol. The van der Waals surface area contributed by atoms with Crippen molar-refractivity contribution in [2.75, 3.05) is 25.0 Å². The summed E-state index contributed by atoms with van der Waals surface area (Å²) < 4.78 is 0. The van der Waals surface area contributed by atoms with Crippen LogP contribution in [0.15, 0.2) is 24.3 Å². The molecule has 18 heavy (non-hydrogen) atoms. The molecule has 2 N–H and O–H groups in total. The van der Waals surface area contributed by atoms with Gasteiger partial charge in [0.05, 0.1) is 6.54 Å². The van der Waals surface area contributed by atoms with Gasteiger partial charge in [0.1, 0.15) is 0 Å². The minimum atomic E-state index is -0.472. The van der Waals surface area contributed by atoms with Gasteiger partial charge in [-0.25, -0.2) is 4.79 Å². The van der Waals surface area contributed by atoms with Crippen LogP contribution in [0.4, 0.5) is 10.5 Å². The number of nitrogens with zero attached hydrogens (tertiary/aromatic N) is 1. The highest BCUT2D eigenvalue weighted by Gasteiger charge is 2.26. The third-order valence-electron chi connectivity index (χ3n) is 3.12. The van der Waals surface area contributed by atoms with Gasteiger partial charge >= 0.3 is 6.03 Å². The van der Waals surface area contributed by atoms with Crippen LogP contribution >= 0.6 is 0 Å². The SMILES string of the molecule is CNC(=O)NC(=O)CN1CC(C)c2ccccc21. The van der Waals surface area contributed by atoms with Crippen molar-refractivity contribution in [1.29, 1.82) is 0 Å². The van der Waals surface area contributed by atoms with Crippen molar-refractivity contribution in [3.8, 4) is 0 Å². The summed E-state index contributed by atoms with van der Waals surface area (Å²) in [6.07, 6.45) is 0. The molecule has 1 aliphatic heterocycles. The zero-order valence-electron chi connectivity index (χ0n) is 10.6. The van der Waals surface area contributed by atoms with E-state index in [9.17, 15) is 9.59 Å². The smallest absolute Gasteiger partial charge is 0.321 e. The van der Waals surface area contributed by atoms with Gasteiger partial charge in [-0.3, -0.25) is 10.1 Å². The molecular formula is C13H17N3O2. The van der Waals surface area contributed by atoms with Gasteiger partial charge in [0.15, 0.2) is 0 Å². The number of urea groups is 1. The molecule has 0 spiro atoms. The van der Waals surface area contributed by atoms with Crippen molar-refractivity contribution < 1.29 is 9.59 Å². The van der Waals surface area contributed by atoms with Gasteiger partial charge in [0, 0.05) is 25.2 Å². The van der Waals surface area contributed by atoms with E-state index in [1.54, 1.807) is 0 Å². The van der Waals surface area contributed by atoms with E-state index in [0.717, 1.165) is 12.2 Å². The fourth-order valence-electron chi connectivity index (χ4n) is 2.27. The lowest BCUT2D eigenvalue weighted by atomic mass is 10.0. The zero-order valence-corrected chi connectivity index (χ0v) is 10.6. The molecule has 5 nitrogen and oxygen atoms in total. The lowest BCUT2D eigenvalue weighted by molar-refractivity contribution is -0.118. The van der Waals surface area contributed by atoms with Crippen molar-refractivity contribution in [1.82, 2.24) is 10.6 Å². The number of carbonyl (C=O) groups excluding carboxylic acids is 2. The van der Waals surface area contributed by atoms with Crippen LogP contribution in [0.3, 0.4) is 0 Å². The summed E-state index contributed by atoms with van der Waals surface area (Å²) >= 11 is 0. The molecule has 1 atom stereocenters. The van der Waals surface area contributed by atoms with Gasteiger partial charge in [-0.1, -0.05) is 25.1 Å². The summed E-state index contributed by atoms with van der Waals surface area (Å²) in [4.78, 5) is 24.7. The fraction of sp³-hybridized carbons (Fsp3) is 0.385. The molecule has 0 saturated heterocycles. The van der Waals surface area contributed by atoms with Crippen molar-refractivity contribution >= 4 is 17.6 Å². The molecule has 0 radical (unpaired) electrons. The summed E-state index contributed by atoms with van der Waals surface area (Å²) in [6.45, 7) is 3.14. The Morgan fingerprint density at radius 2 is 2.11 bits per heavy atom. The second-order valence-electron chi connectivity index (χ2n) is 4.47. The summed E-state index contributed by atoms with van der Waals surface area (Å²) in [5.74, 6) is 0.118. The largest absolute Gasteiger partial charge is 0.361 e. The molecule has 1 unspecified atom stereocenters. The van der Waals surface area contributed by atoms with Crippen LogP contribution in [0, 0.1) is 0 Å². The Morgan fingerprint density at radius 3 is 2.83 bits per heavy atom. The average Bonchev–Trinajstić information content (AvgIpc) is 2.67. The number of carbonyl (C=O) groups is 2. The first-order valence-corrected chi connectivity index (χ1v) is 5.97. The van der Waals surface area contributed by atoms with Crippen molar-refractivity contribution in [3.63, 3.8) is 0 Å². The van der Waals surface area contributed by atoms with Gasteiger partial charge in [0.25, 0.3) is 0 Å². The van der Waals surface area contributed by atoms with Gasteiger partial charge in [-0.05, 0) is 11.6 Å². The topological polar surface area (TPSA) is 61.4 Å². The van der Waals surface area contributed by atoms with Crippen LogP contribution in [0.2, 0.25) is 0 Å². The minimum absolute atomic E-state index is 0.203. The number of hydrogen-bond acceptors (Lipinski definition) is 3. The first kappa shape index (κ1) is 12.4. The maximum Gasteiger partial charge on any atom is 0.321 e. The maximum absolute atomic E-state index is 11.7. The number of imide groups is 1. The first-order chi connectivity index (χ1) is 8.61. The Labute approximate surface area is 106 Å². The second-order valence-corrected chi connectivity index (χ2v) is 4.47. The second kappa shape index (κ2) is 5.08. The third-order valence-corrected chi connectivity index (χ3v) is 3.12. The van der Waals surface area contributed by atoms with E-state index >= 15 is 0 Å². The van der Waals surface area contributed by atoms with Crippen molar-refractivity contribution in [2.45, 2.75) is 12.8 Å². The van der Waals surface area contributed by atoms with Crippen molar-refractivity contribution in [2.24, 2.45) is 0 Å². The monoisotopic (exact) mass is 247 g/mol. The van der Waals surface area contributed by atoms with E-state index in [4.69, 9.17) is 0 Å². The van der Waals surface area contributed by atoms with Crippen LogP contribution < -0.4 is 15.5 Å². The number of anilines is 1.